The summed E-state index contributed by atoms with van der Waals surface area (Å²) in [5.41, 5.74) is 0.630. The number of ketones is 1. The Kier molecular flexibility index (Phi) is 14.6. The number of carbonyl (C=O) groups excluding carboxylic acids is 3. The van der Waals surface area contributed by atoms with Crippen LogP contribution in [0.2, 0.25) is 0 Å². The largest absolute Gasteiger partial charge is 0.463 e. The Morgan fingerprint density at radius 1 is 1.19 bits per heavy atom. The van der Waals surface area contributed by atoms with E-state index in [9.17, 15) is 27.4 Å². The van der Waals surface area contributed by atoms with E-state index in [1.165, 1.54) is 26.2 Å². The summed E-state index contributed by atoms with van der Waals surface area (Å²) >= 11 is 0. The average Bonchev–Trinajstić information content (AvgIpc) is 2.66. The van der Waals surface area contributed by atoms with Gasteiger partial charge in [-0.25, -0.2) is 4.79 Å². The predicted octanol–water partition coefficient (Wildman–Crippen LogP) is 3.31. The fraction of sp³-hybridized carbons (Fsp3) is 0.571. The molecule has 0 spiro atoms. The smallest absolute Gasteiger partial charge is 0.334 e. The normalized spacial score (nSPS) is 12.5. The molecule has 1 amide bonds. The number of nitrogens with one attached hydrogen (secondary N) is 1. The van der Waals surface area contributed by atoms with Crippen LogP contribution in [0.3, 0.4) is 0 Å². The Hall–Kier alpha value is -2.37. The standard InChI is InChI=1S/C20H29NO8S.CH4.FH/c1-13-9-10-17(18(11-13)30(25,26)27)21-19(23)8-6-5-7-16(14(2)22)12-29-20(24)15(3)28-4;;/h9-11,15-16H,5-8,12H2,1-4H3,(H,21,23)(H,25,26,27);1H4;1H. The summed E-state index contributed by atoms with van der Waals surface area (Å²) in [6, 6.07) is 4.30. The molecule has 184 valence electrons. The highest BCUT2D eigenvalue weighted by Crippen LogP contribution is 2.23. The molecule has 1 aromatic rings. The van der Waals surface area contributed by atoms with Crippen molar-refractivity contribution in [3.05, 3.63) is 23.8 Å². The average molecular weight is 480 g/mol. The third-order valence-corrected chi connectivity index (χ3v) is 5.48. The Bertz CT molecular complexity index is 873. The first kappa shape index (κ1) is 31.8. The van der Waals surface area contributed by atoms with Crippen molar-refractivity contribution in [3.8, 4) is 0 Å². The van der Waals surface area contributed by atoms with Crippen LogP contribution >= 0.6 is 0 Å². The molecule has 1 aromatic carbocycles. The van der Waals surface area contributed by atoms with Crippen LogP contribution in [-0.4, -0.2) is 50.5 Å². The predicted molar refractivity (Wildman–Crippen MR) is 119 cm³/mol. The fourth-order valence-electron chi connectivity index (χ4n) is 2.64. The number of aryl methyl sites for hydroxylation is 1. The van der Waals surface area contributed by atoms with E-state index in [2.05, 4.69) is 5.32 Å². The second-order valence-electron chi connectivity index (χ2n) is 7.08. The molecule has 0 aliphatic heterocycles. The van der Waals surface area contributed by atoms with Gasteiger partial charge in [0.1, 0.15) is 17.3 Å². The minimum atomic E-state index is -4.47. The number of carbonyl (C=O) groups is 3. The van der Waals surface area contributed by atoms with Gasteiger partial charge in [0, 0.05) is 13.5 Å². The van der Waals surface area contributed by atoms with Gasteiger partial charge in [-0.1, -0.05) is 19.9 Å². The molecule has 32 heavy (non-hydrogen) atoms. The van der Waals surface area contributed by atoms with E-state index >= 15 is 0 Å². The van der Waals surface area contributed by atoms with Gasteiger partial charge in [0.05, 0.1) is 11.6 Å². The second-order valence-corrected chi connectivity index (χ2v) is 8.47. The van der Waals surface area contributed by atoms with Crippen molar-refractivity contribution in [2.45, 2.75) is 64.9 Å². The first-order valence-electron chi connectivity index (χ1n) is 9.53. The van der Waals surface area contributed by atoms with E-state index in [4.69, 9.17) is 9.47 Å². The maximum absolute atomic E-state index is 12.1. The van der Waals surface area contributed by atoms with Gasteiger partial charge < -0.3 is 14.8 Å². The lowest BCUT2D eigenvalue weighted by molar-refractivity contribution is -0.156. The van der Waals surface area contributed by atoms with Crippen LogP contribution in [0.25, 0.3) is 0 Å². The number of anilines is 1. The van der Waals surface area contributed by atoms with Gasteiger partial charge in [0.25, 0.3) is 10.1 Å². The van der Waals surface area contributed by atoms with Crippen molar-refractivity contribution >= 4 is 33.5 Å². The molecule has 0 bridgehead atoms. The Balaban J connectivity index is 0. The number of rotatable bonds is 12. The molecular formula is C21H34FNO8S. The SMILES string of the molecule is C.COC(C)C(=O)OCC(CCCCC(=O)Nc1ccc(C)cc1S(=O)(=O)O)C(C)=O.F. The van der Waals surface area contributed by atoms with Crippen LogP contribution in [0.1, 0.15) is 52.5 Å². The lowest BCUT2D eigenvalue weighted by Gasteiger charge is -2.16. The summed E-state index contributed by atoms with van der Waals surface area (Å²) in [6.45, 7) is 4.58. The van der Waals surface area contributed by atoms with E-state index in [0.717, 1.165) is 0 Å². The van der Waals surface area contributed by atoms with Gasteiger partial charge in [-0.15, -0.1) is 0 Å². The van der Waals surface area contributed by atoms with Crippen LogP contribution < -0.4 is 5.32 Å². The Labute approximate surface area is 189 Å². The number of hydrogen-bond donors (Lipinski definition) is 2. The number of methoxy groups -OCH3 is 1. The maximum atomic E-state index is 12.1. The molecule has 0 saturated carbocycles. The van der Waals surface area contributed by atoms with Gasteiger partial charge in [0.15, 0.2) is 6.10 Å². The van der Waals surface area contributed by atoms with E-state index < -0.39 is 34.0 Å². The van der Waals surface area contributed by atoms with Crippen molar-refractivity contribution in [3.63, 3.8) is 0 Å². The highest BCUT2D eigenvalue weighted by Gasteiger charge is 2.20. The van der Waals surface area contributed by atoms with E-state index in [0.29, 0.717) is 24.8 Å². The number of unbranched alkanes of at least 4 members (excludes halogenated alkanes) is 1. The van der Waals surface area contributed by atoms with Crippen molar-refractivity contribution in [1.29, 1.82) is 0 Å². The number of benzene rings is 1. The Morgan fingerprint density at radius 3 is 2.34 bits per heavy atom. The third kappa shape index (κ3) is 10.8. The molecular weight excluding hydrogens is 445 g/mol. The highest BCUT2D eigenvalue weighted by molar-refractivity contribution is 7.86. The first-order chi connectivity index (χ1) is 14.0. The maximum Gasteiger partial charge on any atom is 0.334 e. The van der Waals surface area contributed by atoms with Gasteiger partial charge in [-0.05, 0) is 51.3 Å². The number of Topliss-reactive ketones (excluding diaryl/α,β-unsaturated/α-hetero) is 1. The molecule has 0 radical (unpaired) electrons. The van der Waals surface area contributed by atoms with Gasteiger partial charge >= 0.3 is 5.97 Å². The van der Waals surface area contributed by atoms with Crippen molar-refractivity contribution < 1.29 is 41.5 Å². The van der Waals surface area contributed by atoms with Gasteiger partial charge in [-0.2, -0.15) is 8.42 Å². The minimum absolute atomic E-state index is 0. The molecule has 9 nitrogen and oxygen atoms in total. The summed E-state index contributed by atoms with van der Waals surface area (Å²) in [5.74, 6) is -1.54. The zero-order chi connectivity index (χ0) is 22.9. The summed E-state index contributed by atoms with van der Waals surface area (Å²) in [5, 5.41) is 2.49. The molecule has 0 aromatic heterocycles. The van der Waals surface area contributed by atoms with Gasteiger partial charge in [0.2, 0.25) is 5.91 Å². The summed E-state index contributed by atoms with van der Waals surface area (Å²) in [4.78, 5) is 35.2. The Morgan fingerprint density at radius 2 is 1.81 bits per heavy atom. The fourth-order valence-corrected chi connectivity index (χ4v) is 3.37. The number of hydrogen-bond acceptors (Lipinski definition) is 7. The van der Waals surface area contributed by atoms with E-state index in [1.807, 2.05) is 0 Å². The molecule has 2 unspecified atom stereocenters. The van der Waals surface area contributed by atoms with Crippen LogP contribution in [0.5, 0.6) is 0 Å². The molecule has 0 saturated heterocycles. The third-order valence-electron chi connectivity index (χ3n) is 4.58. The quantitative estimate of drug-likeness (QED) is 0.265. The van der Waals surface area contributed by atoms with E-state index in [1.54, 1.807) is 19.9 Å². The van der Waals surface area contributed by atoms with Crippen LogP contribution in [0, 0.1) is 12.8 Å². The first-order valence-corrected chi connectivity index (χ1v) is 11.0. The van der Waals surface area contributed by atoms with Crippen LogP contribution in [0.4, 0.5) is 10.4 Å². The summed E-state index contributed by atoms with van der Waals surface area (Å²) in [7, 11) is -3.09. The highest BCUT2D eigenvalue weighted by atomic mass is 32.2. The molecule has 11 heteroatoms. The molecule has 1 rings (SSSR count). The number of esters is 1. The molecule has 0 aliphatic carbocycles. The molecule has 0 aliphatic rings. The van der Waals surface area contributed by atoms with Crippen LogP contribution in [0.15, 0.2) is 23.1 Å². The van der Waals surface area contributed by atoms with E-state index in [-0.39, 0.29) is 41.5 Å². The van der Waals surface area contributed by atoms with Crippen molar-refractivity contribution in [1.82, 2.24) is 0 Å². The van der Waals surface area contributed by atoms with Crippen LogP contribution in [-0.2, 0) is 34.0 Å². The second kappa shape index (κ2) is 14.6. The lowest BCUT2D eigenvalue weighted by atomic mass is 9.98. The summed E-state index contributed by atoms with van der Waals surface area (Å²) < 4.78 is 42.2. The number of amides is 1. The monoisotopic (exact) mass is 479 g/mol. The topological polar surface area (TPSA) is 136 Å². The zero-order valence-electron chi connectivity index (χ0n) is 18.0. The van der Waals surface area contributed by atoms with Crippen molar-refractivity contribution in [2.75, 3.05) is 19.0 Å². The molecule has 0 fully saturated rings. The molecule has 2 atom stereocenters. The van der Waals surface area contributed by atoms with Crippen molar-refractivity contribution in [2.24, 2.45) is 5.92 Å². The number of halogens is 1. The zero-order valence-corrected chi connectivity index (χ0v) is 18.9. The summed E-state index contributed by atoms with van der Waals surface area (Å²) in [6.07, 6.45) is 0.817. The number of ether oxygens (including phenoxy) is 2. The lowest BCUT2D eigenvalue weighted by Crippen LogP contribution is -2.26. The minimum Gasteiger partial charge on any atom is -0.463 e. The van der Waals surface area contributed by atoms with Gasteiger partial charge in [-0.3, -0.25) is 18.8 Å². The molecule has 2 N–H and O–H groups in total. The molecule has 0 heterocycles.